The van der Waals surface area contributed by atoms with E-state index in [-0.39, 0.29) is 11.7 Å². The van der Waals surface area contributed by atoms with Crippen molar-refractivity contribution in [1.82, 2.24) is 14.9 Å². The van der Waals surface area contributed by atoms with Crippen LogP contribution < -0.4 is 5.32 Å². The molecule has 170 valence electrons. The highest BCUT2D eigenvalue weighted by molar-refractivity contribution is 7.13. The van der Waals surface area contributed by atoms with Crippen LogP contribution in [0.5, 0.6) is 0 Å². The van der Waals surface area contributed by atoms with Crippen LogP contribution in [0.25, 0.3) is 22.0 Å². The normalized spacial score (nSPS) is 11.8. The molecule has 33 heavy (non-hydrogen) atoms. The summed E-state index contributed by atoms with van der Waals surface area (Å²) in [5.41, 5.74) is 3.10. The molecule has 2 aromatic heterocycles. The number of nitrogens with zero attached hydrogens (tertiary/aromatic N) is 2. The van der Waals surface area contributed by atoms with Gasteiger partial charge in [-0.15, -0.1) is 11.3 Å². The van der Waals surface area contributed by atoms with Gasteiger partial charge in [0.25, 0.3) is 0 Å². The van der Waals surface area contributed by atoms with Crippen LogP contribution in [0.2, 0.25) is 0 Å². The molecule has 0 saturated heterocycles. The summed E-state index contributed by atoms with van der Waals surface area (Å²) < 4.78 is 37.9. The molecule has 0 spiro atoms. The monoisotopic (exact) mass is 472 g/mol. The van der Waals surface area contributed by atoms with E-state index in [4.69, 9.17) is 0 Å². The lowest BCUT2D eigenvalue weighted by Crippen LogP contribution is -2.30. The van der Waals surface area contributed by atoms with Crippen LogP contribution in [0.4, 0.5) is 18.3 Å². The van der Waals surface area contributed by atoms with Crippen molar-refractivity contribution in [2.24, 2.45) is 0 Å². The van der Waals surface area contributed by atoms with E-state index in [1.807, 2.05) is 42.6 Å². The number of H-pyrrole nitrogens is 1. The molecule has 0 fully saturated rings. The number of carbonyl (C=O) groups excluding carboxylic acids is 2. The standard InChI is InChI=1S/C23H19F3N4O2S/c1-30(11-21(32)29-22-28-20(13-33-22)23(24,25)26)10-17-3-2-14(9-18(17)12-31)15-4-5-19-16(8-15)6-7-27-19/h2-9,12-13,27H,10-11H2,1H3,(H,28,29,32). The first-order chi connectivity index (χ1) is 15.7. The fourth-order valence-electron chi connectivity index (χ4n) is 3.47. The average molecular weight is 472 g/mol. The molecule has 0 unspecified atom stereocenters. The molecule has 2 heterocycles. The molecule has 0 aliphatic carbocycles. The van der Waals surface area contributed by atoms with Crippen molar-refractivity contribution in [3.05, 3.63) is 70.9 Å². The van der Waals surface area contributed by atoms with Crippen molar-refractivity contribution in [2.45, 2.75) is 12.7 Å². The fourth-order valence-corrected chi connectivity index (χ4v) is 4.21. The van der Waals surface area contributed by atoms with E-state index in [0.717, 1.165) is 39.3 Å². The number of anilines is 1. The summed E-state index contributed by atoms with van der Waals surface area (Å²) in [6, 6.07) is 13.5. The molecule has 0 bridgehead atoms. The summed E-state index contributed by atoms with van der Waals surface area (Å²) in [4.78, 5) is 32.1. The van der Waals surface area contributed by atoms with Crippen LogP contribution in [-0.2, 0) is 17.5 Å². The van der Waals surface area contributed by atoms with E-state index in [1.54, 1.807) is 18.0 Å². The number of benzene rings is 2. The number of likely N-dealkylation sites (N-methyl/N-ethyl adjacent to an activating group) is 1. The molecule has 0 radical (unpaired) electrons. The van der Waals surface area contributed by atoms with Crippen LogP contribution in [0.1, 0.15) is 21.6 Å². The van der Waals surface area contributed by atoms with Gasteiger partial charge < -0.3 is 10.3 Å². The Morgan fingerprint density at radius 3 is 2.67 bits per heavy atom. The quantitative estimate of drug-likeness (QED) is 0.363. The van der Waals surface area contributed by atoms with Gasteiger partial charge in [-0.2, -0.15) is 13.2 Å². The number of halogens is 3. The van der Waals surface area contributed by atoms with Gasteiger partial charge in [0.1, 0.15) is 6.29 Å². The van der Waals surface area contributed by atoms with Crippen LogP contribution in [0, 0.1) is 0 Å². The van der Waals surface area contributed by atoms with Crippen LogP contribution >= 0.6 is 11.3 Å². The largest absolute Gasteiger partial charge is 0.434 e. The maximum absolute atomic E-state index is 12.6. The van der Waals surface area contributed by atoms with E-state index in [9.17, 15) is 22.8 Å². The number of alkyl halides is 3. The van der Waals surface area contributed by atoms with Gasteiger partial charge in [-0.25, -0.2) is 4.98 Å². The zero-order chi connectivity index (χ0) is 23.6. The van der Waals surface area contributed by atoms with Crippen LogP contribution in [0.15, 0.2) is 54.0 Å². The summed E-state index contributed by atoms with van der Waals surface area (Å²) in [6.45, 7) is 0.232. The Labute approximate surface area is 191 Å². The second kappa shape index (κ2) is 9.16. The molecule has 0 aliphatic heterocycles. The van der Waals surface area contributed by atoms with Crippen molar-refractivity contribution in [3.63, 3.8) is 0 Å². The van der Waals surface area contributed by atoms with E-state index in [1.165, 1.54) is 0 Å². The van der Waals surface area contributed by atoms with Gasteiger partial charge in [0.05, 0.1) is 6.54 Å². The molecule has 10 heteroatoms. The van der Waals surface area contributed by atoms with E-state index >= 15 is 0 Å². The minimum absolute atomic E-state index is 0.0782. The Bertz CT molecular complexity index is 1310. The molecule has 2 aromatic carbocycles. The zero-order valence-electron chi connectivity index (χ0n) is 17.4. The first-order valence-corrected chi connectivity index (χ1v) is 10.8. The van der Waals surface area contributed by atoms with Crippen molar-refractivity contribution in [3.8, 4) is 11.1 Å². The molecule has 4 aromatic rings. The lowest BCUT2D eigenvalue weighted by molar-refractivity contribution is -0.140. The molecule has 0 saturated carbocycles. The maximum atomic E-state index is 12.6. The first kappa shape index (κ1) is 22.7. The molecular formula is C23H19F3N4O2S. The van der Waals surface area contributed by atoms with Gasteiger partial charge in [-0.05, 0) is 53.4 Å². The Balaban J connectivity index is 1.41. The smallest absolute Gasteiger partial charge is 0.361 e. The molecule has 0 atom stereocenters. The number of thiazole rings is 1. The SMILES string of the molecule is CN(CC(=O)Nc1nc(C(F)(F)F)cs1)Cc1ccc(-c2ccc3[nH]ccc3c2)cc1C=O. The Hall–Kier alpha value is -3.50. The topological polar surface area (TPSA) is 78.1 Å². The first-order valence-electron chi connectivity index (χ1n) is 9.89. The van der Waals surface area contributed by atoms with Gasteiger partial charge >= 0.3 is 6.18 Å². The van der Waals surface area contributed by atoms with Gasteiger partial charge in [-0.1, -0.05) is 18.2 Å². The lowest BCUT2D eigenvalue weighted by atomic mass is 9.98. The predicted molar refractivity (Wildman–Crippen MR) is 121 cm³/mol. The molecule has 4 rings (SSSR count). The predicted octanol–water partition coefficient (Wildman–Crippen LogP) is 5.19. The summed E-state index contributed by atoms with van der Waals surface area (Å²) in [7, 11) is 1.69. The third-order valence-corrected chi connectivity index (χ3v) is 5.81. The summed E-state index contributed by atoms with van der Waals surface area (Å²) in [5.74, 6) is -0.496. The van der Waals surface area contributed by atoms with Crippen molar-refractivity contribution in [2.75, 3.05) is 18.9 Å². The number of aromatic amines is 1. The summed E-state index contributed by atoms with van der Waals surface area (Å²) >= 11 is 0.713. The maximum Gasteiger partial charge on any atom is 0.434 e. The summed E-state index contributed by atoms with van der Waals surface area (Å²) in [6.07, 6.45) is -1.92. The average Bonchev–Trinajstić information content (AvgIpc) is 3.42. The number of carbonyl (C=O) groups is 2. The third-order valence-electron chi connectivity index (χ3n) is 5.05. The minimum Gasteiger partial charge on any atom is -0.361 e. The van der Waals surface area contributed by atoms with Crippen LogP contribution in [-0.4, -0.2) is 40.7 Å². The third kappa shape index (κ3) is 5.29. The number of rotatable bonds is 7. The van der Waals surface area contributed by atoms with Crippen molar-refractivity contribution >= 4 is 39.6 Å². The Morgan fingerprint density at radius 1 is 1.18 bits per heavy atom. The second-order valence-corrected chi connectivity index (χ2v) is 8.43. The molecule has 0 aliphatic rings. The number of amides is 1. The van der Waals surface area contributed by atoms with Crippen LogP contribution in [0.3, 0.4) is 0 Å². The molecule has 2 N–H and O–H groups in total. The van der Waals surface area contributed by atoms with Gasteiger partial charge in [0.2, 0.25) is 5.91 Å². The van der Waals surface area contributed by atoms with E-state index < -0.39 is 17.8 Å². The molecule has 6 nitrogen and oxygen atoms in total. The number of hydrogen-bond donors (Lipinski definition) is 2. The fraction of sp³-hybridized carbons (Fsp3) is 0.174. The van der Waals surface area contributed by atoms with Crippen molar-refractivity contribution < 1.29 is 22.8 Å². The number of fused-ring (bicyclic) bond motifs is 1. The number of nitrogens with one attached hydrogen (secondary N) is 2. The lowest BCUT2D eigenvalue weighted by Gasteiger charge is -2.17. The number of aldehydes is 1. The highest BCUT2D eigenvalue weighted by Crippen LogP contribution is 2.31. The van der Waals surface area contributed by atoms with Gasteiger partial charge in [0, 0.05) is 29.2 Å². The Kier molecular flexibility index (Phi) is 6.30. The minimum atomic E-state index is -4.55. The van der Waals surface area contributed by atoms with E-state index in [0.29, 0.717) is 23.4 Å². The van der Waals surface area contributed by atoms with Gasteiger partial charge in [0.15, 0.2) is 10.8 Å². The number of hydrogen-bond acceptors (Lipinski definition) is 5. The zero-order valence-corrected chi connectivity index (χ0v) is 18.3. The summed E-state index contributed by atoms with van der Waals surface area (Å²) in [5, 5.41) is 4.18. The number of aromatic nitrogens is 2. The molecule has 1 amide bonds. The highest BCUT2D eigenvalue weighted by Gasteiger charge is 2.33. The highest BCUT2D eigenvalue weighted by atomic mass is 32.1. The second-order valence-electron chi connectivity index (χ2n) is 7.57. The van der Waals surface area contributed by atoms with Gasteiger partial charge in [-0.3, -0.25) is 14.5 Å². The molecular weight excluding hydrogens is 453 g/mol. The Morgan fingerprint density at radius 2 is 1.94 bits per heavy atom. The van der Waals surface area contributed by atoms with Crippen molar-refractivity contribution in [1.29, 1.82) is 0 Å². The van der Waals surface area contributed by atoms with E-state index in [2.05, 4.69) is 15.3 Å².